The average Bonchev–Trinajstić information content (AvgIpc) is 3.70. The summed E-state index contributed by atoms with van der Waals surface area (Å²) in [5, 5.41) is 6.33. The van der Waals surface area contributed by atoms with Crippen LogP contribution in [0.2, 0.25) is 0 Å². The topological polar surface area (TPSA) is 99.7 Å². The molecule has 42 heavy (non-hydrogen) atoms. The molecule has 3 fully saturated rings. The molecule has 2 atom stereocenters. The van der Waals surface area contributed by atoms with Crippen LogP contribution in [0, 0.1) is 5.41 Å². The third kappa shape index (κ3) is 5.77. The minimum Gasteiger partial charge on any atom is -0.477 e. The molecule has 0 unspecified atom stereocenters. The molecule has 9 nitrogen and oxygen atoms in total. The molecule has 12 heteroatoms. The van der Waals surface area contributed by atoms with E-state index >= 15 is 0 Å². The number of carbonyl (C=O) groups excluding carboxylic acids is 2. The number of pyridine rings is 2. The van der Waals surface area contributed by atoms with Gasteiger partial charge < -0.3 is 25.2 Å². The van der Waals surface area contributed by atoms with Crippen LogP contribution in [-0.2, 0) is 4.79 Å². The molecule has 0 aromatic carbocycles. The van der Waals surface area contributed by atoms with Gasteiger partial charge in [0.2, 0.25) is 11.8 Å². The molecule has 1 saturated carbocycles. The number of anilines is 1. The maximum atomic E-state index is 14.2. The largest absolute Gasteiger partial charge is 0.477 e. The summed E-state index contributed by atoms with van der Waals surface area (Å²) in [5.74, 6) is -0.723. The smallest absolute Gasteiger partial charge is 0.403 e. The van der Waals surface area contributed by atoms with Crippen molar-refractivity contribution < 1.29 is 27.5 Å². The Morgan fingerprint density at radius 2 is 1.95 bits per heavy atom. The van der Waals surface area contributed by atoms with Crippen LogP contribution in [0.5, 0.6) is 5.88 Å². The van der Waals surface area contributed by atoms with E-state index in [1.165, 1.54) is 4.90 Å². The number of nitrogens with one attached hydrogen (secondary N) is 2. The highest BCUT2D eigenvalue weighted by Gasteiger charge is 2.62. The molecule has 0 radical (unpaired) electrons. The zero-order valence-corrected chi connectivity index (χ0v) is 24.2. The molecule has 0 bridgehead atoms. The first-order valence-corrected chi connectivity index (χ1v) is 14.9. The number of aromatic nitrogens is 2. The summed E-state index contributed by atoms with van der Waals surface area (Å²) in [7, 11) is 0. The molecule has 2 aliphatic heterocycles. The fourth-order valence-electron chi connectivity index (χ4n) is 6.48. The maximum Gasteiger partial charge on any atom is 0.403 e. The molecule has 2 aromatic rings. The fourth-order valence-corrected chi connectivity index (χ4v) is 6.48. The number of ether oxygens (including phenoxy) is 1. The molecule has 2 N–H and O–H groups in total. The Kier molecular flexibility index (Phi) is 8.91. The van der Waals surface area contributed by atoms with Gasteiger partial charge in [0.1, 0.15) is 5.41 Å². The monoisotopic (exact) mass is 588 g/mol. The van der Waals surface area contributed by atoms with E-state index in [9.17, 15) is 22.8 Å². The predicted octanol–water partition coefficient (Wildman–Crippen LogP) is 4.18. The number of halogens is 3. The van der Waals surface area contributed by atoms with Crippen molar-refractivity contribution in [3.05, 3.63) is 36.2 Å². The Morgan fingerprint density at radius 3 is 2.62 bits per heavy atom. The van der Waals surface area contributed by atoms with Crippen LogP contribution in [-0.4, -0.2) is 84.3 Å². The van der Waals surface area contributed by atoms with Gasteiger partial charge in [-0.1, -0.05) is 19.8 Å². The van der Waals surface area contributed by atoms with Crippen molar-refractivity contribution in [2.75, 3.05) is 44.2 Å². The first-order chi connectivity index (χ1) is 20.2. The summed E-state index contributed by atoms with van der Waals surface area (Å²) in [5.41, 5.74) is -0.293. The minimum atomic E-state index is -4.58. The summed E-state index contributed by atoms with van der Waals surface area (Å²) >= 11 is 0. The third-order valence-electron chi connectivity index (χ3n) is 8.77. The molecule has 228 valence electrons. The van der Waals surface area contributed by atoms with Crippen molar-refractivity contribution in [3.63, 3.8) is 0 Å². The second kappa shape index (κ2) is 12.4. The van der Waals surface area contributed by atoms with Crippen molar-refractivity contribution >= 4 is 17.5 Å². The lowest BCUT2D eigenvalue weighted by atomic mass is 9.83. The van der Waals surface area contributed by atoms with Gasteiger partial charge in [-0.05, 0) is 63.4 Å². The SMILES string of the molecule is CCOc1ncccc1-c1ccc(N2CCN(C(=O)C3(C(F)(F)F)CCCC3)C[C@H]2CC)c(C(=O)N[C@@H]2CCNC2)n1. The molecule has 5 rings (SSSR count). The van der Waals surface area contributed by atoms with E-state index in [1.54, 1.807) is 12.3 Å². The van der Waals surface area contributed by atoms with E-state index in [1.807, 2.05) is 36.9 Å². The number of nitrogens with zero attached hydrogens (tertiary/aromatic N) is 4. The van der Waals surface area contributed by atoms with E-state index in [0.29, 0.717) is 61.8 Å². The zero-order valence-electron chi connectivity index (χ0n) is 24.2. The first kappa shape index (κ1) is 30.1. The summed E-state index contributed by atoms with van der Waals surface area (Å²) in [6, 6.07) is 6.94. The van der Waals surface area contributed by atoms with Crippen molar-refractivity contribution in [1.82, 2.24) is 25.5 Å². The number of piperazine rings is 1. The van der Waals surface area contributed by atoms with Gasteiger partial charge in [0.15, 0.2) is 5.69 Å². The number of hydrogen-bond donors (Lipinski definition) is 2. The first-order valence-electron chi connectivity index (χ1n) is 14.9. The standard InChI is InChI=1S/C30H39F3N6O3/c1-3-21-19-38(28(41)29(30(31,32)33)12-5-6-13-29)16-17-39(21)24-10-9-23(22-8-7-14-35-27(22)42-4-2)37-25(24)26(40)36-20-11-15-34-18-20/h7-10,14,20-21,34H,3-6,11-13,15-19H2,1-2H3,(H,36,40)/t20-,21-/m1/s1. The summed E-state index contributed by atoms with van der Waals surface area (Å²) < 4.78 is 48.2. The fraction of sp³-hybridized carbons (Fsp3) is 0.600. The normalized spacial score (nSPS) is 22.3. The summed E-state index contributed by atoms with van der Waals surface area (Å²) in [4.78, 5) is 39.6. The number of hydrogen-bond acceptors (Lipinski definition) is 7. The molecule has 2 aromatic heterocycles. The minimum absolute atomic E-state index is 0.0328. The van der Waals surface area contributed by atoms with Crippen molar-refractivity contribution in [2.24, 2.45) is 5.41 Å². The van der Waals surface area contributed by atoms with E-state index in [0.717, 1.165) is 13.0 Å². The number of rotatable bonds is 8. The van der Waals surface area contributed by atoms with Gasteiger partial charge in [-0.2, -0.15) is 13.2 Å². The molecular formula is C30H39F3N6O3. The van der Waals surface area contributed by atoms with E-state index in [2.05, 4.69) is 15.6 Å². The molecular weight excluding hydrogens is 549 g/mol. The number of alkyl halides is 3. The molecule has 4 heterocycles. The van der Waals surface area contributed by atoms with Gasteiger partial charge in [0, 0.05) is 44.5 Å². The zero-order chi connectivity index (χ0) is 29.9. The second-order valence-electron chi connectivity index (χ2n) is 11.3. The lowest BCUT2D eigenvalue weighted by Crippen LogP contribution is -2.60. The van der Waals surface area contributed by atoms with Crippen LogP contribution in [0.1, 0.15) is 62.9 Å². The predicted molar refractivity (Wildman–Crippen MR) is 152 cm³/mol. The lowest BCUT2D eigenvalue weighted by Gasteiger charge is -2.45. The summed E-state index contributed by atoms with van der Waals surface area (Å²) in [6.45, 7) is 6.28. The van der Waals surface area contributed by atoms with Crippen LogP contribution < -0.4 is 20.3 Å². The lowest BCUT2D eigenvalue weighted by molar-refractivity contribution is -0.226. The van der Waals surface area contributed by atoms with Crippen LogP contribution in [0.3, 0.4) is 0 Å². The Hall–Kier alpha value is -3.41. The third-order valence-corrected chi connectivity index (χ3v) is 8.77. The Labute approximate surface area is 244 Å². The molecule has 0 spiro atoms. The van der Waals surface area contributed by atoms with Crippen LogP contribution in [0.25, 0.3) is 11.3 Å². The van der Waals surface area contributed by atoms with Gasteiger partial charge >= 0.3 is 6.18 Å². The van der Waals surface area contributed by atoms with Crippen molar-refractivity contribution in [1.29, 1.82) is 0 Å². The van der Waals surface area contributed by atoms with Gasteiger partial charge in [-0.15, -0.1) is 0 Å². The molecule has 2 amide bonds. The maximum absolute atomic E-state index is 14.2. The van der Waals surface area contributed by atoms with Crippen molar-refractivity contribution in [2.45, 2.75) is 70.6 Å². The van der Waals surface area contributed by atoms with Crippen LogP contribution in [0.4, 0.5) is 18.9 Å². The van der Waals surface area contributed by atoms with Gasteiger partial charge in [0.25, 0.3) is 5.91 Å². The Bertz CT molecular complexity index is 1280. The highest BCUT2D eigenvalue weighted by Crippen LogP contribution is 2.52. The van der Waals surface area contributed by atoms with Crippen molar-refractivity contribution in [3.8, 4) is 17.1 Å². The van der Waals surface area contributed by atoms with E-state index in [-0.39, 0.29) is 49.6 Å². The summed E-state index contributed by atoms with van der Waals surface area (Å²) in [6.07, 6.45) is -1.08. The van der Waals surface area contributed by atoms with Gasteiger partial charge in [-0.3, -0.25) is 9.59 Å². The highest BCUT2D eigenvalue weighted by atomic mass is 19.4. The molecule has 3 aliphatic rings. The Balaban J connectivity index is 1.46. The molecule has 2 saturated heterocycles. The second-order valence-corrected chi connectivity index (χ2v) is 11.3. The number of carbonyl (C=O) groups is 2. The van der Waals surface area contributed by atoms with Gasteiger partial charge in [0.05, 0.1) is 23.6 Å². The van der Waals surface area contributed by atoms with Crippen LogP contribution >= 0.6 is 0 Å². The highest BCUT2D eigenvalue weighted by molar-refractivity contribution is 5.99. The van der Waals surface area contributed by atoms with Crippen LogP contribution in [0.15, 0.2) is 30.5 Å². The quantitative estimate of drug-likeness (QED) is 0.477. The van der Waals surface area contributed by atoms with Gasteiger partial charge in [-0.25, -0.2) is 9.97 Å². The average molecular weight is 589 g/mol. The number of amides is 2. The van der Waals surface area contributed by atoms with E-state index in [4.69, 9.17) is 9.72 Å². The van der Waals surface area contributed by atoms with E-state index < -0.39 is 17.5 Å². The molecule has 1 aliphatic carbocycles. The Morgan fingerprint density at radius 1 is 1.17 bits per heavy atom.